The van der Waals surface area contributed by atoms with Crippen LogP contribution in [-0.4, -0.2) is 50.1 Å². The molecule has 1 rings (SSSR count). The first-order valence-electron chi connectivity index (χ1n) is 5.18. The van der Waals surface area contributed by atoms with Crippen LogP contribution in [0.15, 0.2) is 0 Å². The van der Waals surface area contributed by atoms with E-state index < -0.39 is 6.36 Å². The maximum atomic E-state index is 11.7. The molecule has 0 radical (unpaired) electrons. The first-order chi connectivity index (χ1) is 7.03. The molecule has 0 aromatic rings. The lowest BCUT2D eigenvalue weighted by Gasteiger charge is -2.35. The Bertz CT molecular complexity index is 187. The van der Waals surface area contributed by atoms with Gasteiger partial charge in [-0.3, -0.25) is 9.64 Å². The van der Waals surface area contributed by atoms with Crippen LogP contribution < -0.4 is 5.32 Å². The fraction of sp³-hybridized carbons (Fsp3) is 1.00. The first-order valence-corrected chi connectivity index (χ1v) is 5.18. The zero-order valence-corrected chi connectivity index (χ0v) is 8.81. The van der Waals surface area contributed by atoms with Crippen molar-refractivity contribution in [2.45, 2.75) is 25.7 Å². The molecular weight excluding hydrogens is 209 g/mol. The van der Waals surface area contributed by atoms with Crippen LogP contribution >= 0.6 is 0 Å². The Morgan fingerprint density at radius 3 is 2.80 bits per heavy atom. The summed E-state index contributed by atoms with van der Waals surface area (Å²) in [4.78, 5) is 2.04. The Labute approximate surface area is 87.6 Å². The second-order valence-corrected chi connectivity index (χ2v) is 3.60. The minimum Gasteiger partial charge on any atom is -0.314 e. The van der Waals surface area contributed by atoms with Crippen LogP contribution in [0, 0.1) is 0 Å². The van der Waals surface area contributed by atoms with Crippen LogP contribution in [0.1, 0.15) is 13.3 Å². The molecule has 0 aromatic heterocycles. The third-order valence-corrected chi connectivity index (χ3v) is 2.59. The molecular formula is C9H17F3N2O. The van der Waals surface area contributed by atoms with Crippen LogP contribution in [-0.2, 0) is 4.74 Å². The van der Waals surface area contributed by atoms with Gasteiger partial charge in [0.15, 0.2) is 0 Å². The van der Waals surface area contributed by atoms with Crippen molar-refractivity contribution in [3.63, 3.8) is 0 Å². The van der Waals surface area contributed by atoms with Crippen LogP contribution in [0.2, 0.25) is 0 Å². The van der Waals surface area contributed by atoms with Gasteiger partial charge in [-0.15, -0.1) is 13.2 Å². The van der Waals surface area contributed by atoms with Crippen molar-refractivity contribution in [2.24, 2.45) is 0 Å². The number of halogens is 3. The highest BCUT2D eigenvalue weighted by atomic mass is 19.4. The van der Waals surface area contributed by atoms with E-state index in [1.165, 1.54) is 0 Å². The van der Waals surface area contributed by atoms with Gasteiger partial charge in [-0.25, -0.2) is 0 Å². The van der Waals surface area contributed by atoms with Gasteiger partial charge >= 0.3 is 6.36 Å². The molecule has 0 spiro atoms. The van der Waals surface area contributed by atoms with Gasteiger partial charge in [-0.2, -0.15) is 0 Å². The Balaban J connectivity index is 2.23. The molecule has 0 aliphatic carbocycles. The predicted octanol–water partition coefficient (Wildman–Crippen LogP) is 1.21. The summed E-state index contributed by atoms with van der Waals surface area (Å²) in [5.41, 5.74) is 0. The highest BCUT2D eigenvalue weighted by Gasteiger charge is 2.29. The van der Waals surface area contributed by atoms with E-state index in [0.29, 0.717) is 12.6 Å². The summed E-state index contributed by atoms with van der Waals surface area (Å²) < 4.78 is 39.0. The highest BCUT2D eigenvalue weighted by molar-refractivity contribution is 4.78. The maximum Gasteiger partial charge on any atom is 0.522 e. The molecule has 1 atom stereocenters. The first kappa shape index (κ1) is 12.7. The largest absolute Gasteiger partial charge is 0.522 e. The smallest absolute Gasteiger partial charge is 0.314 e. The number of rotatable bonds is 4. The van der Waals surface area contributed by atoms with E-state index in [9.17, 15) is 13.2 Å². The van der Waals surface area contributed by atoms with Crippen molar-refractivity contribution in [3.05, 3.63) is 0 Å². The number of hydrogen-bond acceptors (Lipinski definition) is 3. The second-order valence-electron chi connectivity index (χ2n) is 3.60. The molecule has 1 heterocycles. The molecule has 1 fully saturated rings. The molecule has 1 aliphatic heterocycles. The number of piperazine rings is 1. The Morgan fingerprint density at radius 2 is 2.20 bits per heavy atom. The van der Waals surface area contributed by atoms with Crippen molar-refractivity contribution in [2.75, 3.05) is 32.8 Å². The fourth-order valence-corrected chi connectivity index (χ4v) is 1.78. The molecule has 90 valence electrons. The van der Waals surface area contributed by atoms with Gasteiger partial charge in [-0.05, 0) is 6.42 Å². The van der Waals surface area contributed by atoms with E-state index in [1.807, 2.05) is 11.8 Å². The van der Waals surface area contributed by atoms with Gasteiger partial charge in [0.05, 0.1) is 6.61 Å². The zero-order valence-electron chi connectivity index (χ0n) is 8.81. The standard InChI is InChI=1S/C9H17F3N2O/c1-2-8-7-13-3-4-14(8)5-6-15-9(10,11)12/h8,13H,2-7H2,1H3. The summed E-state index contributed by atoms with van der Waals surface area (Å²) in [6, 6.07) is 0.329. The fourth-order valence-electron chi connectivity index (χ4n) is 1.78. The Hall–Kier alpha value is -0.330. The lowest BCUT2D eigenvalue weighted by Crippen LogP contribution is -2.52. The van der Waals surface area contributed by atoms with E-state index in [1.54, 1.807) is 0 Å². The second kappa shape index (κ2) is 5.67. The summed E-state index contributed by atoms with van der Waals surface area (Å²) in [6.07, 6.45) is -3.56. The predicted molar refractivity (Wildman–Crippen MR) is 50.5 cm³/mol. The van der Waals surface area contributed by atoms with Crippen molar-refractivity contribution in [1.29, 1.82) is 0 Å². The normalized spacial score (nSPS) is 24.4. The zero-order chi connectivity index (χ0) is 11.3. The summed E-state index contributed by atoms with van der Waals surface area (Å²) in [5, 5.41) is 3.22. The van der Waals surface area contributed by atoms with Gasteiger partial charge in [0.1, 0.15) is 0 Å². The van der Waals surface area contributed by atoms with Crippen molar-refractivity contribution in [3.8, 4) is 0 Å². The third-order valence-electron chi connectivity index (χ3n) is 2.59. The SMILES string of the molecule is CCC1CNCCN1CCOC(F)(F)F. The summed E-state index contributed by atoms with van der Waals surface area (Å²) in [6.45, 7) is 4.58. The Morgan fingerprint density at radius 1 is 1.47 bits per heavy atom. The molecule has 1 saturated heterocycles. The quantitative estimate of drug-likeness (QED) is 0.779. The average molecular weight is 226 g/mol. The van der Waals surface area contributed by atoms with Gasteiger partial charge in [0.2, 0.25) is 0 Å². The van der Waals surface area contributed by atoms with Crippen LogP contribution in [0.25, 0.3) is 0 Å². The van der Waals surface area contributed by atoms with Gasteiger partial charge < -0.3 is 5.32 Å². The maximum absolute atomic E-state index is 11.7. The van der Waals surface area contributed by atoms with E-state index >= 15 is 0 Å². The van der Waals surface area contributed by atoms with Gasteiger partial charge in [-0.1, -0.05) is 6.92 Å². The molecule has 1 aliphatic rings. The van der Waals surface area contributed by atoms with Crippen molar-refractivity contribution >= 4 is 0 Å². The number of alkyl halides is 3. The van der Waals surface area contributed by atoms with Crippen LogP contribution in [0.3, 0.4) is 0 Å². The lowest BCUT2D eigenvalue weighted by atomic mass is 10.1. The van der Waals surface area contributed by atoms with Crippen molar-refractivity contribution < 1.29 is 17.9 Å². The van der Waals surface area contributed by atoms with E-state index in [4.69, 9.17) is 0 Å². The van der Waals surface area contributed by atoms with Gasteiger partial charge in [0.25, 0.3) is 0 Å². The van der Waals surface area contributed by atoms with E-state index in [-0.39, 0.29) is 6.61 Å². The molecule has 0 saturated carbocycles. The molecule has 0 bridgehead atoms. The molecule has 15 heavy (non-hydrogen) atoms. The number of hydrogen-bond donors (Lipinski definition) is 1. The van der Waals surface area contributed by atoms with Crippen LogP contribution in [0.4, 0.5) is 13.2 Å². The summed E-state index contributed by atoms with van der Waals surface area (Å²) in [5.74, 6) is 0. The monoisotopic (exact) mass is 226 g/mol. The van der Waals surface area contributed by atoms with Crippen molar-refractivity contribution in [1.82, 2.24) is 10.2 Å². The molecule has 1 N–H and O–H groups in total. The number of nitrogens with zero attached hydrogens (tertiary/aromatic N) is 1. The Kier molecular flexibility index (Phi) is 4.82. The number of nitrogens with one attached hydrogen (secondary N) is 1. The minimum absolute atomic E-state index is 0.278. The highest BCUT2D eigenvalue weighted by Crippen LogP contribution is 2.16. The molecule has 0 amide bonds. The topological polar surface area (TPSA) is 24.5 Å². The lowest BCUT2D eigenvalue weighted by molar-refractivity contribution is -0.325. The summed E-state index contributed by atoms with van der Waals surface area (Å²) >= 11 is 0. The molecule has 0 aromatic carbocycles. The van der Waals surface area contributed by atoms with E-state index in [0.717, 1.165) is 26.1 Å². The van der Waals surface area contributed by atoms with Crippen LogP contribution in [0.5, 0.6) is 0 Å². The number of ether oxygens (including phenoxy) is 1. The summed E-state index contributed by atoms with van der Waals surface area (Å²) in [7, 11) is 0. The molecule has 6 heteroatoms. The van der Waals surface area contributed by atoms with Gasteiger partial charge in [0, 0.05) is 32.2 Å². The molecule has 1 unspecified atom stereocenters. The third kappa shape index (κ3) is 4.81. The average Bonchev–Trinajstić information content (AvgIpc) is 2.16. The molecule has 3 nitrogen and oxygen atoms in total. The minimum atomic E-state index is -4.50. The van der Waals surface area contributed by atoms with E-state index in [2.05, 4.69) is 10.1 Å².